The molecule has 0 bridgehead atoms. The topological polar surface area (TPSA) is 56.5 Å². The number of nitrogens with two attached hydrogens (primary N) is 1. The van der Waals surface area contributed by atoms with E-state index in [4.69, 9.17) is 14.6 Å². The van der Waals surface area contributed by atoms with Crippen LogP contribution in [0.5, 0.6) is 0 Å². The van der Waals surface area contributed by atoms with Gasteiger partial charge >= 0.3 is 9.28 Å². The molecule has 0 amide bonds. The summed E-state index contributed by atoms with van der Waals surface area (Å²) in [6, 6.07) is 7.81. The van der Waals surface area contributed by atoms with Crippen LogP contribution in [0.2, 0.25) is 5.54 Å². The van der Waals surface area contributed by atoms with E-state index in [2.05, 4.69) is 12.2 Å². The zero-order valence-electron chi connectivity index (χ0n) is 12.2. The molecule has 1 unspecified atom stereocenters. The Balaban J connectivity index is 2.32. The molecule has 3 N–H and O–H groups in total. The van der Waals surface area contributed by atoms with E-state index in [1.165, 1.54) is 0 Å². The van der Waals surface area contributed by atoms with Crippen LogP contribution in [0.15, 0.2) is 24.3 Å². The third kappa shape index (κ3) is 6.09. The van der Waals surface area contributed by atoms with E-state index in [1.54, 1.807) is 0 Å². The highest BCUT2D eigenvalue weighted by molar-refractivity contribution is 6.46. The summed E-state index contributed by atoms with van der Waals surface area (Å²) in [7, 11) is -1.52. The second kappa shape index (κ2) is 8.96. The summed E-state index contributed by atoms with van der Waals surface area (Å²) in [6.07, 6.45) is 1.06. The highest BCUT2D eigenvalue weighted by atomic mass is 28.3. The van der Waals surface area contributed by atoms with Gasteiger partial charge in [0, 0.05) is 31.1 Å². The first-order valence-corrected chi connectivity index (χ1v) is 8.60. The number of benzene rings is 1. The predicted octanol–water partition coefficient (Wildman–Crippen LogP) is 2.75. The Morgan fingerprint density at radius 2 is 1.74 bits per heavy atom. The second-order valence-electron chi connectivity index (χ2n) is 4.59. The molecule has 1 atom stereocenters. The van der Waals surface area contributed by atoms with Gasteiger partial charge in [-0.1, -0.05) is 6.92 Å². The molecular formula is C14H26N2O2Si. The average molecular weight is 282 g/mol. The van der Waals surface area contributed by atoms with Crippen LogP contribution >= 0.6 is 0 Å². The van der Waals surface area contributed by atoms with Crippen LogP contribution in [0, 0.1) is 0 Å². The molecule has 19 heavy (non-hydrogen) atoms. The van der Waals surface area contributed by atoms with Gasteiger partial charge in [-0.2, -0.15) is 0 Å². The van der Waals surface area contributed by atoms with E-state index < -0.39 is 9.28 Å². The van der Waals surface area contributed by atoms with Crippen molar-refractivity contribution in [3.8, 4) is 0 Å². The fourth-order valence-electron chi connectivity index (χ4n) is 1.89. The van der Waals surface area contributed by atoms with Crippen LogP contribution in [0.3, 0.4) is 0 Å². The minimum absolute atomic E-state index is 0.501. The highest BCUT2D eigenvalue weighted by Gasteiger charge is 2.20. The second-order valence-corrected chi connectivity index (χ2v) is 7.14. The Bertz CT molecular complexity index is 340. The van der Waals surface area contributed by atoms with Gasteiger partial charge in [0.25, 0.3) is 0 Å². The van der Waals surface area contributed by atoms with E-state index in [-0.39, 0.29) is 0 Å². The van der Waals surface area contributed by atoms with Crippen molar-refractivity contribution < 1.29 is 8.85 Å². The monoisotopic (exact) mass is 282 g/mol. The molecule has 0 fully saturated rings. The van der Waals surface area contributed by atoms with Gasteiger partial charge in [0.05, 0.1) is 0 Å². The summed E-state index contributed by atoms with van der Waals surface area (Å²) >= 11 is 0. The van der Waals surface area contributed by atoms with Gasteiger partial charge in [0.2, 0.25) is 0 Å². The van der Waals surface area contributed by atoms with Crippen molar-refractivity contribution >= 4 is 20.7 Å². The van der Waals surface area contributed by atoms with Crippen LogP contribution in [0.1, 0.15) is 27.2 Å². The van der Waals surface area contributed by atoms with E-state index in [0.29, 0.717) is 5.54 Å². The lowest BCUT2D eigenvalue weighted by Crippen LogP contribution is -2.29. The molecule has 1 aromatic carbocycles. The zero-order chi connectivity index (χ0) is 14.1. The van der Waals surface area contributed by atoms with Crippen molar-refractivity contribution in [2.24, 2.45) is 0 Å². The van der Waals surface area contributed by atoms with E-state index >= 15 is 0 Å². The normalized spacial score (nSPS) is 12.6. The Hall–Kier alpha value is -1.04. The number of anilines is 2. The number of hydrogen-bond donors (Lipinski definition) is 2. The van der Waals surface area contributed by atoms with Gasteiger partial charge < -0.3 is 19.9 Å². The summed E-state index contributed by atoms with van der Waals surface area (Å²) in [5.74, 6) is 0. The van der Waals surface area contributed by atoms with Crippen LogP contribution in [0.25, 0.3) is 0 Å². The van der Waals surface area contributed by atoms with Crippen molar-refractivity contribution in [2.45, 2.75) is 32.7 Å². The molecule has 0 aliphatic carbocycles. The van der Waals surface area contributed by atoms with Crippen molar-refractivity contribution in [1.82, 2.24) is 0 Å². The quantitative estimate of drug-likeness (QED) is 0.540. The molecule has 4 nitrogen and oxygen atoms in total. The Morgan fingerprint density at radius 3 is 2.26 bits per heavy atom. The van der Waals surface area contributed by atoms with Crippen molar-refractivity contribution in [1.29, 1.82) is 0 Å². The third-order valence-electron chi connectivity index (χ3n) is 2.97. The Kier molecular flexibility index (Phi) is 7.55. The number of hydrogen-bond acceptors (Lipinski definition) is 4. The first kappa shape index (κ1) is 16.0. The molecule has 0 radical (unpaired) electrons. The van der Waals surface area contributed by atoms with Gasteiger partial charge in [-0.25, -0.2) is 0 Å². The maximum Gasteiger partial charge on any atom is 0.324 e. The molecule has 1 aromatic rings. The zero-order valence-corrected chi connectivity index (χ0v) is 13.3. The van der Waals surface area contributed by atoms with Crippen LogP contribution in [-0.4, -0.2) is 29.0 Å². The SMILES string of the molecule is CCO[SiH](OCC)C(C)CCNc1ccc(N)cc1. The molecule has 5 heteroatoms. The third-order valence-corrected chi connectivity index (χ3v) is 5.55. The molecular weight excluding hydrogens is 256 g/mol. The largest absolute Gasteiger partial charge is 0.399 e. The lowest BCUT2D eigenvalue weighted by molar-refractivity contribution is 0.204. The molecule has 0 spiro atoms. The van der Waals surface area contributed by atoms with E-state index in [0.717, 1.165) is 37.6 Å². The van der Waals surface area contributed by atoms with Gasteiger partial charge in [-0.15, -0.1) is 0 Å². The fraction of sp³-hybridized carbons (Fsp3) is 0.571. The summed E-state index contributed by atoms with van der Waals surface area (Å²) < 4.78 is 11.5. The number of nitrogens with one attached hydrogen (secondary N) is 1. The molecule has 0 aromatic heterocycles. The van der Waals surface area contributed by atoms with Gasteiger partial charge in [0.15, 0.2) is 0 Å². The highest BCUT2D eigenvalue weighted by Crippen LogP contribution is 2.17. The predicted molar refractivity (Wildman–Crippen MR) is 83.8 cm³/mol. The molecule has 0 saturated heterocycles. The number of rotatable bonds is 9. The average Bonchev–Trinajstić information content (AvgIpc) is 2.40. The van der Waals surface area contributed by atoms with Crippen molar-refractivity contribution in [3.05, 3.63) is 24.3 Å². The fourth-order valence-corrected chi connectivity index (χ4v) is 3.74. The van der Waals surface area contributed by atoms with Crippen molar-refractivity contribution in [3.63, 3.8) is 0 Å². The molecule has 108 valence electrons. The maximum absolute atomic E-state index is 5.74. The van der Waals surface area contributed by atoms with Gasteiger partial charge in [0.1, 0.15) is 0 Å². The summed E-state index contributed by atoms with van der Waals surface area (Å²) in [4.78, 5) is 0. The molecule has 0 saturated carbocycles. The standard InChI is InChI=1S/C14H26N2O2Si/c1-4-17-19(18-5-2)12(3)10-11-16-14-8-6-13(15)7-9-14/h6-9,12,16,19H,4-5,10-11,15H2,1-3H3. The first-order chi connectivity index (χ1) is 9.17. The first-order valence-electron chi connectivity index (χ1n) is 7.00. The molecule has 1 rings (SSSR count). The van der Waals surface area contributed by atoms with Crippen LogP contribution < -0.4 is 11.1 Å². The Labute approximate surface area is 118 Å². The molecule has 0 aliphatic rings. The summed E-state index contributed by atoms with van der Waals surface area (Å²) in [6.45, 7) is 8.68. The van der Waals surface area contributed by atoms with E-state index in [9.17, 15) is 0 Å². The van der Waals surface area contributed by atoms with Crippen LogP contribution in [-0.2, 0) is 8.85 Å². The lowest BCUT2D eigenvalue weighted by Gasteiger charge is -2.21. The van der Waals surface area contributed by atoms with Crippen LogP contribution in [0.4, 0.5) is 11.4 Å². The minimum atomic E-state index is -1.52. The molecule has 0 aliphatic heterocycles. The van der Waals surface area contributed by atoms with Crippen molar-refractivity contribution in [2.75, 3.05) is 30.8 Å². The Morgan fingerprint density at radius 1 is 1.16 bits per heavy atom. The number of nitrogen functional groups attached to an aromatic ring is 1. The summed E-state index contributed by atoms with van der Waals surface area (Å²) in [5, 5.41) is 3.40. The van der Waals surface area contributed by atoms with Gasteiger partial charge in [-0.3, -0.25) is 0 Å². The smallest absolute Gasteiger partial charge is 0.324 e. The lowest BCUT2D eigenvalue weighted by atomic mass is 10.2. The molecule has 0 heterocycles. The maximum atomic E-state index is 5.74. The summed E-state index contributed by atoms with van der Waals surface area (Å²) in [5.41, 5.74) is 8.05. The van der Waals surface area contributed by atoms with Gasteiger partial charge in [-0.05, 0) is 50.1 Å². The minimum Gasteiger partial charge on any atom is -0.399 e. The van der Waals surface area contributed by atoms with E-state index in [1.807, 2.05) is 38.1 Å².